The molecule has 41 heavy (non-hydrogen) atoms. The summed E-state index contributed by atoms with van der Waals surface area (Å²) in [4.78, 5) is 0. The minimum atomic E-state index is -1.02. The lowest BCUT2D eigenvalue weighted by atomic mass is 9.85. The molecule has 3 heteroatoms. The van der Waals surface area contributed by atoms with Crippen LogP contribution in [0.4, 0.5) is 0 Å². The molecule has 0 atom stereocenters. The average molecular weight is 539 g/mol. The Hall–Kier alpha value is -5.54. The lowest BCUT2D eigenvalue weighted by Gasteiger charge is -2.18. The van der Waals surface area contributed by atoms with Gasteiger partial charge in [-0.2, -0.15) is 0 Å². The van der Waals surface area contributed by atoms with E-state index in [0.29, 0.717) is 5.56 Å². The van der Waals surface area contributed by atoms with Crippen molar-refractivity contribution in [1.82, 2.24) is 4.57 Å². The molecule has 8 aromatic rings. The molecule has 0 fully saturated rings. The first-order valence-electron chi connectivity index (χ1n) is 18.3. The molecule has 8 rings (SSSR count). The highest BCUT2D eigenvalue weighted by molar-refractivity contribution is 6.23. The van der Waals surface area contributed by atoms with E-state index in [1.807, 2.05) is 60.7 Å². The predicted molar refractivity (Wildman–Crippen MR) is 170 cm³/mol. The lowest BCUT2D eigenvalue weighted by Crippen LogP contribution is -1.93. The van der Waals surface area contributed by atoms with Gasteiger partial charge in [-0.15, -0.1) is 0 Å². The maximum atomic E-state index is 11.0. The lowest BCUT2D eigenvalue weighted by molar-refractivity contribution is 0.405. The molecule has 1 heterocycles. The van der Waals surface area contributed by atoms with E-state index in [0.717, 1.165) is 27.5 Å². The van der Waals surface area contributed by atoms with Crippen LogP contribution in [0.1, 0.15) is 15.1 Å². The summed E-state index contributed by atoms with van der Waals surface area (Å²) < 4.78 is 98.5. The molecule has 0 radical (unpaired) electrons. The van der Waals surface area contributed by atoms with Crippen LogP contribution in [0.15, 0.2) is 139 Å². The normalized spacial score (nSPS) is 15.4. The largest absolute Gasteiger partial charge is 0.504 e. The average Bonchev–Trinajstić information content (AvgIpc) is 3.49. The summed E-state index contributed by atoms with van der Waals surface area (Å²) in [6, 6.07) is 15.2. The van der Waals surface area contributed by atoms with Crippen LogP contribution in [0.3, 0.4) is 0 Å². The summed E-state index contributed by atoms with van der Waals surface area (Å²) in [5, 5.41) is 22.6. The maximum absolute atomic E-state index is 11.0. The molecule has 2 N–H and O–H groups in total. The van der Waals surface area contributed by atoms with Crippen molar-refractivity contribution in [3.8, 4) is 39.4 Å². The van der Waals surface area contributed by atoms with Crippen molar-refractivity contribution < 1.29 is 25.3 Å². The molecule has 7 aromatic carbocycles. The van der Waals surface area contributed by atoms with E-state index in [1.54, 1.807) is 12.1 Å². The fourth-order valence-corrected chi connectivity index (χ4v) is 5.69. The number of aromatic hydroxyl groups is 2. The van der Waals surface area contributed by atoms with Gasteiger partial charge in [0.2, 0.25) is 0 Å². The first kappa shape index (κ1) is 14.7. The molecule has 0 aliphatic heterocycles. The Bertz CT molecular complexity index is 2780. The summed E-state index contributed by atoms with van der Waals surface area (Å²) in [7, 11) is 0. The molecule has 194 valence electrons. The number of hydrogen-bond acceptors (Lipinski definition) is 2. The maximum Gasteiger partial charge on any atom is 0.158 e. The summed E-state index contributed by atoms with van der Waals surface area (Å²) >= 11 is 0. The Balaban J connectivity index is 1.66. The second kappa shape index (κ2) is 9.00. The number of para-hydroxylation sites is 2. The third-order valence-corrected chi connectivity index (χ3v) is 7.37. The second-order valence-electron chi connectivity index (χ2n) is 9.62. The quantitative estimate of drug-likeness (QED) is 0.174. The van der Waals surface area contributed by atoms with Crippen LogP contribution < -0.4 is 0 Å². The zero-order chi connectivity index (χ0) is 37.1. The van der Waals surface area contributed by atoms with Crippen molar-refractivity contribution in [2.45, 2.75) is 0 Å². The minimum Gasteiger partial charge on any atom is -0.504 e. The molecule has 0 unspecified atom stereocenters. The zero-order valence-electron chi connectivity index (χ0n) is 32.3. The highest BCUT2D eigenvalue weighted by Crippen LogP contribution is 2.47. The van der Waals surface area contributed by atoms with Crippen molar-refractivity contribution in [1.29, 1.82) is 0 Å². The van der Waals surface area contributed by atoms with Crippen LogP contribution in [-0.2, 0) is 0 Å². The van der Waals surface area contributed by atoms with Crippen LogP contribution >= 0.6 is 0 Å². The summed E-state index contributed by atoms with van der Waals surface area (Å²) in [6.07, 6.45) is 0. The molecule has 0 spiro atoms. The van der Waals surface area contributed by atoms with Gasteiger partial charge in [0.05, 0.1) is 26.1 Å². The summed E-state index contributed by atoms with van der Waals surface area (Å²) in [6.45, 7) is 0. The smallest absolute Gasteiger partial charge is 0.158 e. The van der Waals surface area contributed by atoms with Gasteiger partial charge < -0.3 is 14.8 Å². The van der Waals surface area contributed by atoms with Crippen molar-refractivity contribution in [2.75, 3.05) is 0 Å². The van der Waals surface area contributed by atoms with Gasteiger partial charge in [0, 0.05) is 16.5 Å². The number of phenolic OH excluding ortho intramolecular Hbond substituents is 2. The molecular weight excluding hydrogens is 502 g/mol. The van der Waals surface area contributed by atoms with Crippen LogP contribution in [0.5, 0.6) is 11.5 Å². The van der Waals surface area contributed by atoms with Gasteiger partial charge in [-0.05, 0) is 86.2 Å². The van der Waals surface area contributed by atoms with Gasteiger partial charge in [-0.3, -0.25) is 0 Å². The van der Waals surface area contributed by atoms with Crippen LogP contribution in [-0.4, -0.2) is 14.8 Å². The second-order valence-corrected chi connectivity index (χ2v) is 9.62. The predicted octanol–water partition coefficient (Wildman–Crippen LogP) is 9.84. The first-order valence-corrected chi connectivity index (χ1v) is 12.8. The van der Waals surface area contributed by atoms with Gasteiger partial charge in [0.25, 0.3) is 0 Å². The van der Waals surface area contributed by atoms with E-state index in [2.05, 4.69) is 4.57 Å². The Labute approximate surface area is 252 Å². The Morgan fingerprint density at radius 1 is 0.488 bits per heavy atom. The fraction of sp³-hybridized carbons (Fsp3) is 0. The monoisotopic (exact) mass is 538 g/mol. The summed E-state index contributed by atoms with van der Waals surface area (Å²) in [5.74, 6) is -1.98. The van der Waals surface area contributed by atoms with E-state index < -0.39 is 83.5 Å². The minimum absolute atomic E-state index is 0.0281. The van der Waals surface area contributed by atoms with Crippen molar-refractivity contribution in [3.05, 3.63) is 139 Å². The first-order chi connectivity index (χ1) is 24.8. The molecule has 0 amide bonds. The van der Waals surface area contributed by atoms with Gasteiger partial charge in [0.15, 0.2) is 11.5 Å². The van der Waals surface area contributed by atoms with E-state index in [9.17, 15) is 11.6 Å². The van der Waals surface area contributed by atoms with Gasteiger partial charge in [0.1, 0.15) is 0 Å². The standard InChI is InChI=1S/C38H25NO2/c40-35-22-31-32(23-36(35)41)38(29-17-8-7-16-28(29)37(31)24-11-3-1-4-12-24)25-19-20-34-30(21-25)27-15-9-10-18-33(27)39(34)26-13-5-2-6-14-26/h1-23,40-41H/i1D,3D,4D,7D,8D,11D,12D,16D,17D,22D,23D. The number of rotatable bonds is 3. The highest BCUT2D eigenvalue weighted by atomic mass is 16.3. The Kier molecular flexibility index (Phi) is 3.24. The van der Waals surface area contributed by atoms with Gasteiger partial charge >= 0.3 is 0 Å². The molecule has 1 aromatic heterocycles. The number of hydrogen-bond donors (Lipinski definition) is 2. The molecule has 0 bridgehead atoms. The van der Waals surface area contributed by atoms with Gasteiger partial charge in [-0.25, -0.2) is 0 Å². The van der Waals surface area contributed by atoms with E-state index in [4.69, 9.17) is 13.7 Å². The molecule has 0 saturated carbocycles. The van der Waals surface area contributed by atoms with E-state index >= 15 is 0 Å². The van der Waals surface area contributed by atoms with Crippen LogP contribution in [0, 0.1) is 0 Å². The van der Waals surface area contributed by atoms with Crippen molar-refractivity contribution >= 4 is 43.4 Å². The molecule has 0 aliphatic carbocycles. The molecular formula is C38H25NO2. The van der Waals surface area contributed by atoms with E-state index in [-0.39, 0.29) is 32.7 Å². The Morgan fingerprint density at radius 3 is 1.78 bits per heavy atom. The zero-order valence-corrected chi connectivity index (χ0v) is 21.3. The van der Waals surface area contributed by atoms with Crippen molar-refractivity contribution in [2.24, 2.45) is 0 Å². The topological polar surface area (TPSA) is 45.4 Å². The number of aromatic nitrogens is 1. The number of fused-ring (bicyclic) bond motifs is 5. The fourth-order valence-electron chi connectivity index (χ4n) is 5.69. The van der Waals surface area contributed by atoms with Crippen LogP contribution in [0.2, 0.25) is 0 Å². The molecule has 0 saturated heterocycles. The molecule has 3 nitrogen and oxygen atoms in total. The number of nitrogens with zero attached hydrogens (tertiary/aromatic N) is 1. The summed E-state index contributed by atoms with van der Waals surface area (Å²) in [5.41, 5.74) is 2.09. The number of phenols is 2. The SMILES string of the molecule is [2H]c1c([2H])c([2H])c(-c2c3c([2H])c([2H])c([2H])c([2H])c3c(-c3ccc4c(c3)c3ccccc3n4-c3ccccc3)c3c([2H])c(O)c(O)c([2H])c23)c([2H])c1[2H]. The third kappa shape index (κ3) is 3.53. The van der Waals surface area contributed by atoms with Crippen molar-refractivity contribution in [3.63, 3.8) is 0 Å². The highest BCUT2D eigenvalue weighted by Gasteiger charge is 2.20. The third-order valence-electron chi connectivity index (χ3n) is 7.37. The number of benzene rings is 7. The molecule has 0 aliphatic rings. The van der Waals surface area contributed by atoms with Crippen LogP contribution in [0.25, 0.3) is 71.3 Å². The Morgan fingerprint density at radius 2 is 1.07 bits per heavy atom. The van der Waals surface area contributed by atoms with Gasteiger partial charge in [-0.1, -0.05) is 96.8 Å². The van der Waals surface area contributed by atoms with E-state index in [1.165, 1.54) is 0 Å².